The van der Waals surface area contributed by atoms with Crippen LogP contribution < -0.4 is 10.6 Å². The number of carbonyl (C=O) groups is 4. The Kier molecular flexibility index (Phi) is 10.1. The molecule has 32 heavy (non-hydrogen) atoms. The fourth-order valence-corrected chi connectivity index (χ4v) is 3.22. The first-order chi connectivity index (χ1) is 15.5. The molecule has 1 atom stereocenters. The van der Waals surface area contributed by atoms with Crippen molar-refractivity contribution >= 4 is 24.5 Å². The lowest BCUT2D eigenvalue weighted by atomic mass is 10.0. The second-order valence-electron chi connectivity index (χ2n) is 7.38. The zero-order chi connectivity index (χ0) is 23.3. The van der Waals surface area contributed by atoms with Crippen LogP contribution in [0.5, 0.6) is 0 Å². The van der Waals surface area contributed by atoms with E-state index in [0.717, 1.165) is 36.7 Å². The summed E-state index contributed by atoms with van der Waals surface area (Å²) in [5.41, 5.74) is 1.59. The molecule has 0 spiro atoms. The van der Waals surface area contributed by atoms with E-state index in [4.69, 9.17) is 4.42 Å². The van der Waals surface area contributed by atoms with Crippen LogP contribution in [0.4, 0.5) is 0 Å². The summed E-state index contributed by atoms with van der Waals surface area (Å²) in [5.74, 6) is -0.881. The smallest absolute Gasteiger partial charge is 0.288 e. The van der Waals surface area contributed by atoms with Gasteiger partial charge in [0, 0.05) is 12.0 Å². The monoisotopic (exact) mass is 443 g/mol. The Balaban J connectivity index is 1.90. The molecule has 3 N–H and O–H groups in total. The molecule has 3 amide bonds. The summed E-state index contributed by atoms with van der Waals surface area (Å²) in [7, 11) is 0. The van der Waals surface area contributed by atoms with E-state index in [-0.39, 0.29) is 31.3 Å². The first-order valence-corrected chi connectivity index (χ1v) is 10.6. The molecule has 172 valence electrons. The third kappa shape index (κ3) is 7.66. The fraction of sp³-hybridized carbons (Fsp3) is 0.391. The normalized spacial score (nSPS) is 11.4. The van der Waals surface area contributed by atoms with Crippen molar-refractivity contribution in [1.82, 2.24) is 15.7 Å². The molecule has 0 aliphatic heterocycles. The zero-order valence-corrected chi connectivity index (χ0v) is 18.1. The van der Waals surface area contributed by atoms with E-state index in [1.807, 2.05) is 25.1 Å². The Morgan fingerprint density at radius 1 is 1.16 bits per heavy atom. The highest BCUT2D eigenvalue weighted by Crippen LogP contribution is 2.23. The van der Waals surface area contributed by atoms with Crippen LogP contribution >= 0.6 is 0 Å². The third-order valence-corrected chi connectivity index (χ3v) is 4.93. The summed E-state index contributed by atoms with van der Waals surface area (Å²) in [6.45, 7) is 1.80. The number of hydrogen-bond acceptors (Lipinski definition) is 6. The van der Waals surface area contributed by atoms with Crippen LogP contribution in [-0.2, 0) is 20.8 Å². The molecule has 1 unspecified atom stereocenters. The maximum absolute atomic E-state index is 12.4. The van der Waals surface area contributed by atoms with Gasteiger partial charge in [-0.05, 0) is 30.2 Å². The van der Waals surface area contributed by atoms with Crippen molar-refractivity contribution < 1.29 is 28.8 Å². The lowest BCUT2D eigenvalue weighted by Gasteiger charge is -2.19. The molecule has 0 bridgehead atoms. The zero-order valence-electron chi connectivity index (χ0n) is 18.1. The molecule has 9 heteroatoms. The Labute approximate surface area is 186 Å². The largest absolute Gasteiger partial charge is 0.451 e. The van der Waals surface area contributed by atoms with Gasteiger partial charge in [0.1, 0.15) is 12.0 Å². The minimum absolute atomic E-state index is 0.0806. The number of rotatable bonds is 14. The number of hydrogen-bond donors (Lipinski definition) is 3. The van der Waals surface area contributed by atoms with Crippen molar-refractivity contribution in [2.24, 2.45) is 5.92 Å². The third-order valence-electron chi connectivity index (χ3n) is 4.93. The molecule has 0 aliphatic rings. The van der Waals surface area contributed by atoms with Gasteiger partial charge in [-0.2, -0.15) is 0 Å². The van der Waals surface area contributed by atoms with Crippen LogP contribution in [0.2, 0.25) is 0 Å². The van der Waals surface area contributed by atoms with Gasteiger partial charge in [0.25, 0.3) is 5.91 Å². The molecule has 1 heterocycles. The first kappa shape index (κ1) is 24.8. The molecule has 0 fully saturated rings. The van der Waals surface area contributed by atoms with Crippen molar-refractivity contribution in [3.63, 3.8) is 0 Å². The van der Waals surface area contributed by atoms with Crippen LogP contribution in [0.1, 0.15) is 48.7 Å². The van der Waals surface area contributed by atoms with Gasteiger partial charge in [0.2, 0.25) is 12.3 Å². The van der Waals surface area contributed by atoms with Crippen molar-refractivity contribution in [1.29, 1.82) is 0 Å². The van der Waals surface area contributed by atoms with Gasteiger partial charge in [0.15, 0.2) is 5.76 Å². The number of furan rings is 1. The lowest BCUT2D eigenvalue weighted by molar-refractivity contribution is -0.154. The Bertz CT molecular complexity index is 911. The summed E-state index contributed by atoms with van der Waals surface area (Å²) in [6.07, 6.45) is 4.59. The van der Waals surface area contributed by atoms with Gasteiger partial charge >= 0.3 is 0 Å². The standard InChI is InChI=1S/C23H29N3O6/c1-2-3-4-7-19(14-26(31)16-28)22(29)24-15-25-23(30)21-10-9-20(32-21)18-8-5-6-17(13-18)11-12-27/h5-6,8-10,12-13,16,19,31H,2-4,7,11,14-15H2,1H3,(H,24,29)(H,25,30). The van der Waals surface area contributed by atoms with Gasteiger partial charge in [-0.15, -0.1) is 0 Å². The quantitative estimate of drug-likeness (QED) is 0.135. The molecule has 0 saturated carbocycles. The molecule has 0 aliphatic carbocycles. The van der Waals surface area contributed by atoms with Crippen LogP contribution in [0.3, 0.4) is 0 Å². The van der Waals surface area contributed by atoms with E-state index < -0.39 is 11.8 Å². The van der Waals surface area contributed by atoms with Crippen LogP contribution in [-0.4, -0.2) is 48.0 Å². The molecule has 9 nitrogen and oxygen atoms in total. The van der Waals surface area contributed by atoms with E-state index in [1.54, 1.807) is 12.1 Å². The second kappa shape index (κ2) is 13.1. The van der Waals surface area contributed by atoms with E-state index in [0.29, 0.717) is 23.7 Å². The lowest BCUT2D eigenvalue weighted by Crippen LogP contribution is -2.42. The molecule has 0 radical (unpaired) electrons. The minimum atomic E-state index is -0.581. The van der Waals surface area contributed by atoms with Crippen LogP contribution in [0.15, 0.2) is 40.8 Å². The minimum Gasteiger partial charge on any atom is -0.451 e. The van der Waals surface area contributed by atoms with Gasteiger partial charge in [-0.3, -0.25) is 19.6 Å². The fourth-order valence-electron chi connectivity index (χ4n) is 3.22. The Morgan fingerprint density at radius 2 is 1.97 bits per heavy atom. The topological polar surface area (TPSA) is 129 Å². The predicted octanol–water partition coefficient (Wildman–Crippen LogP) is 2.54. The number of hydroxylamine groups is 2. The maximum Gasteiger partial charge on any atom is 0.288 e. The molecule has 1 aromatic carbocycles. The van der Waals surface area contributed by atoms with Gasteiger partial charge in [-0.1, -0.05) is 44.4 Å². The highest BCUT2D eigenvalue weighted by molar-refractivity contribution is 5.92. The SMILES string of the molecule is CCCCCC(CN(O)C=O)C(=O)NCNC(=O)c1ccc(-c2cccc(CC=O)c2)o1. The molecule has 2 rings (SSSR count). The molecule has 2 aromatic rings. The molecular formula is C23H29N3O6. The molecular weight excluding hydrogens is 414 g/mol. The number of nitrogens with one attached hydrogen (secondary N) is 2. The van der Waals surface area contributed by atoms with E-state index in [9.17, 15) is 24.4 Å². The predicted molar refractivity (Wildman–Crippen MR) is 117 cm³/mol. The average molecular weight is 444 g/mol. The van der Waals surface area contributed by atoms with Gasteiger partial charge < -0.3 is 19.8 Å². The van der Waals surface area contributed by atoms with E-state index >= 15 is 0 Å². The maximum atomic E-state index is 12.4. The van der Waals surface area contributed by atoms with Gasteiger partial charge in [0.05, 0.1) is 19.1 Å². The number of carbonyl (C=O) groups excluding carboxylic acids is 4. The average Bonchev–Trinajstić information content (AvgIpc) is 3.29. The molecule has 1 aromatic heterocycles. The van der Waals surface area contributed by atoms with Crippen molar-refractivity contribution in [3.05, 3.63) is 47.7 Å². The van der Waals surface area contributed by atoms with Crippen molar-refractivity contribution in [2.45, 2.75) is 39.0 Å². The summed E-state index contributed by atoms with van der Waals surface area (Å²) in [5, 5.41) is 15.0. The Morgan fingerprint density at radius 3 is 2.69 bits per heavy atom. The van der Waals surface area contributed by atoms with Crippen molar-refractivity contribution in [2.75, 3.05) is 13.2 Å². The van der Waals surface area contributed by atoms with Gasteiger partial charge in [-0.25, -0.2) is 5.06 Å². The van der Waals surface area contributed by atoms with E-state index in [2.05, 4.69) is 10.6 Å². The highest BCUT2D eigenvalue weighted by Gasteiger charge is 2.21. The summed E-state index contributed by atoms with van der Waals surface area (Å²) in [4.78, 5) is 46.1. The number of aldehydes is 1. The Hall–Kier alpha value is -3.46. The number of unbranched alkanes of at least 4 members (excludes halogenated alkanes) is 2. The van der Waals surface area contributed by atoms with Crippen LogP contribution in [0, 0.1) is 5.92 Å². The molecule has 0 saturated heterocycles. The summed E-state index contributed by atoms with van der Waals surface area (Å²) >= 11 is 0. The summed E-state index contributed by atoms with van der Waals surface area (Å²) < 4.78 is 5.61. The van der Waals surface area contributed by atoms with Crippen LogP contribution in [0.25, 0.3) is 11.3 Å². The van der Waals surface area contributed by atoms with Crippen molar-refractivity contribution in [3.8, 4) is 11.3 Å². The number of benzene rings is 1. The second-order valence-corrected chi connectivity index (χ2v) is 7.38. The number of amides is 3. The van der Waals surface area contributed by atoms with E-state index in [1.165, 1.54) is 6.07 Å². The number of nitrogens with zero attached hydrogens (tertiary/aromatic N) is 1. The first-order valence-electron chi connectivity index (χ1n) is 10.6. The summed E-state index contributed by atoms with van der Waals surface area (Å²) in [6, 6.07) is 10.5. The highest BCUT2D eigenvalue weighted by atomic mass is 16.5.